The molecule has 8 nitrogen and oxygen atoms in total. The molecule has 26 heavy (non-hydrogen) atoms. The lowest BCUT2D eigenvalue weighted by atomic mass is 9.93. The monoisotopic (exact) mass is 358 g/mol. The third kappa shape index (κ3) is 3.75. The van der Waals surface area contributed by atoms with Crippen molar-refractivity contribution in [3.63, 3.8) is 0 Å². The minimum atomic E-state index is -1.07. The molecular formula is C18H22N4O4. The van der Waals surface area contributed by atoms with Crippen LogP contribution in [-0.4, -0.2) is 51.2 Å². The first kappa shape index (κ1) is 18.1. The second-order valence-corrected chi connectivity index (χ2v) is 6.54. The SMILES string of the molecule is Cc1ccc(-n2nnc(C(=O)NC(C(=O)O)C3CCCOC3)c2C)cc1. The average Bonchev–Trinajstić information content (AvgIpc) is 3.02. The highest BCUT2D eigenvalue weighted by Gasteiger charge is 2.32. The number of aliphatic carboxylic acids is 1. The number of carboxylic acid groups (broad SMARTS) is 1. The van der Waals surface area contributed by atoms with Gasteiger partial charge in [-0.25, -0.2) is 9.48 Å². The van der Waals surface area contributed by atoms with Gasteiger partial charge in [0.1, 0.15) is 6.04 Å². The lowest BCUT2D eigenvalue weighted by Crippen LogP contribution is -2.48. The van der Waals surface area contributed by atoms with Gasteiger partial charge in [0, 0.05) is 12.5 Å². The normalized spacial score (nSPS) is 18.3. The summed E-state index contributed by atoms with van der Waals surface area (Å²) in [5, 5.41) is 20.1. The molecular weight excluding hydrogens is 336 g/mol. The number of benzene rings is 1. The summed E-state index contributed by atoms with van der Waals surface area (Å²) < 4.78 is 6.91. The first-order valence-corrected chi connectivity index (χ1v) is 8.58. The third-order valence-electron chi connectivity index (χ3n) is 4.61. The average molecular weight is 358 g/mol. The van der Waals surface area contributed by atoms with Crippen molar-refractivity contribution in [3.8, 4) is 5.69 Å². The number of nitrogens with one attached hydrogen (secondary N) is 1. The summed E-state index contributed by atoms with van der Waals surface area (Å²) in [5.74, 6) is -1.87. The van der Waals surface area contributed by atoms with Crippen LogP contribution in [0.15, 0.2) is 24.3 Å². The molecule has 1 amide bonds. The lowest BCUT2D eigenvalue weighted by molar-refractivity contribution is -0.142. The minimum absolute atomic E-state index is 0.119. The van der Waals surface area contributed by atoms with Crippen molar-refractivity contribution in [3.05, 3.63) is 41.2 Å². The van der Waals surface area contributed by atoms with E-state index in [1.54, 1.807) is 11.6 Å². The number of aryl methyl sites for hydroxylation is 1. The van der Waals surface area contributed by atoms with Crippen molar-refractivity contribution in [2.75, 3.05) is 13.2 Å². The fraction of sp³-hybridized carbons (Fsp3) is 0.444. The van der Waals surface area contributed by atoms with Crippen molar-refractivity contribution in [1.29, 1.82) is 0 Å². The summed E-state index contributed by atoms with van der Waals surface area (Å²) in [6.07, 6.45) is 1.49. The summed E-state index contributed by atoms with van der Waals surface area (Å²) in [6.45, 7) is 4.67. The van der Waals surface area contributed by atoms with E-state index < -0.39 is 17.9 Å². The van der Waals surface area contributed by atoms with Gasteiger partial charge in [-0.05, 0) is 38.8 Å². The summed E-state index contributed by atoms with van der Waals surface area (Å²) in [4.78, 5) is 24.2. The van der Waals surface area contributed by atoms with Crippen LogP contribution in [0.1, 0.15) is 34.6 Å². The first-order chi connectivity index (χ1) is 12.5. The molecule has 2 heterocycles. The zero-order chi connectivity index (χ0) is 18.7. The molecule has 1 aliphatic rings. The predicted octanol–water partition coefficient (Wildman–Crippen LogP) is 1.49. The lowest BCUT2D eigenvalue weighted by Gasteiger charge is -2.27. The number of rotatable bonds is 5. The highest BCUT2D eigenvalue weighted by atomic mass is 16.5. The molecule has 2 unspecified atom stereocenters. The van der Waals surface area contributed by atoms with Gasteiger partial charge in [-0.3, -0.25) is 4.79 Å². The zero-order valence-electron chi connectivity index (χ0n) is 14.8. The molecule has 2 N–H and O–H groups in total. The molecule has 0 spiro atoms. The number of aromatic nitrogens is 3. The summed E-state index contributed by atoms with van der Waals surface area (Å²) >= 11 is 0. The number of carbonyl (C=O) groups excluding carboxylic acids is 1. The maximum absolute atomic E-state index is 12.6. The van der Waals surface area contributed by atoms with Crippen LogP contribution in [0.2, 0.25) is 0 Å². The van der Waals surface area contributed by atoms with Crippen molar-refractivity contribution in [1.82, 2.24) is 20.3 Å². The molecule has 3 rings (SSSR count). The van der Waals surface area contributed by atoms with Crippen LogP contribution >= 0.6 is 0 Å². The molecule has 8 heteroatoms. The van der Waals surface area contributed by atoms with Gasteiger partial charge in [-0.1, -0.05) is 22.9 Å². The van der Waals surface area contributed by atoms with Gasteiger partial charge in [0.05, 0.1) is 18.0 Å². The van der Waals surface area contributed by atoms with Gasteiger partial charge in [0.2, 0.25) is 0 Å². The van der Waals surface area contributed by atoms with E-state index in [0.717, 1.165) is 17.7 Å². The number of nitrogens with zero attached hydrogens (tertiary/aromatic N) is 3. The number of carboxylic acids is 1. The van der Waals surface area contributed by atoms with Crippen LogP contribution in [0.25, 0.3) is 5.69 Å². The van der Waals surface area contributed by atoms with Gasteiger partial charge in [0.15, 0.2) is 5.69 Å². The van der Waals surface area contributed by atoms with E-state index >= 15 is 0 Å². The van der Waals surface area contributed by atoms with Crippen LogP contribution in [0.5, 0.6) is 0 Å². The minimum Gasteiger partial charge on any atom is -0.480 e. The largest absolute Gasteiger partial charge is 0.480 e. The Kier molecular flexibility index (Phi) is 5.32. The fourth-order valence-corrected chi connectivity index (χ4v) is 3.09. The van der Waals surface area contributed by atoms with Crippen LogP contribution < -0.4 is 5.32 Å². The summed E-state index contributed by atoms with van der Waals surface area (Å²) in [7, 11) is 0. The molecule has 0 saturated carbocycles. The Morgan fingerprint density at radius 2 is 2.04 bits per heavy atom. The molecule has 1 saturated heterocycles. The van der Waals surface area contributed by atoms with E-state index in [0.29, 0.717) is 25.3 Å². The molecule has 138 valence electrons. The quantitative estimate of drug-likeness (QED) is 0.839. The predicted molar refractivity (Wildman–Crippen MR) is 93.3 cm³/mol. The topological polar surface area (TPSA) is 106 Å². The van der Waals surface area contributed by atoms with Gasteiger partial charge in [-0.2, -0.15) is 0 Å². The maximum Gasteiger partial charge on any atom is 0.326 e. The summed E-state index contributed by atoms with van der Waals surface area (Å²) in [5.41, 5.74) is 2.57. The number of carbonyl (C=O) groups is 2. The fourth-order valence-electron chi connectivity index (χ4n) is 3.09. The van der Waals surface area contributed by atoms with Gasteiger partial charge < -0.3 is 15.2 Å². The molecule has 1 fully saturated rings. The van der Waals surface area contributed by atoms with Crippen molar-refractivity contribution in [2.24, 2.45) is 5.92 Å². The Labute approximate surface area is 151 Å². The van der Waals surface area contributed by atoms with E-state index in [9.17, 15) is 14.7 Å². The van der Waals surface area contributed by atoms with Crippen molar-refractivity contribution >= 4 is 11.9 Å². The van der Waals surface area contributed by atoms with Crippen LogP contribution in [0.4, 0.5) is 0 Å². The van der Waals surface area contributed by atoms with Gasteiger partial charge >= 0.3 is 5.97 Å². The van der Waals surface area contributed by atoms with Crippen LogP contribution in [0, 0.1) is 19.8 Å². The Hall–Kier alpha value is -2.74. The smallest absolute Gasteiger partial charge is 0.326 e. The molecule has 1 aromatic carbocycles. The highest BCUT2D eigenvalue weighted by molar-refractivity contribution is 5.95. The van der Waals surface area contributed by atoms with E-state index in [1.807, 2.05) is 31.2 Å². The van der Waals surface area contributed by atoms with E-state index in [-0.39, 0.29) is 11.6 Å². The third-order valence-corrected chi connectivity index (χ3v) is 4.61. The van der Waals surface area contributed by atoms with Crippen molar-refractivity contribution in [2.45, 2.75) is 32.7 Å². The number of amides is 1. The van der Waals surface area contributed by atoms with E-state index in [4.69, 9.17) is 4.74 Å². The Morgan fingerprint density at radius 1 is 1.31 bits per heavy atom. The van der Waals surface area contributed by atoms with E-state index in [1.165, 1.54) is 0 Å². The molecule has 0 aliphatic carbocycles. The van der Waals surface area contributed by atoms with Gasteiger partial charge in [-0.15, -0.1) is 5.10 Å². The van der Waals surface area contributed by atoms with Crippen LogP contribution in [-0.2, 0) is 9.53 Å². The summed E-state index contributed by atoms with van der Waals surface area (Å²) in [6, 6.07) is 6.65. The van der Waals surface area contributed by atoms with E-state index in [2.05, 4.69) is 15.6 Å². The molecule has 2 aromatic rings. The molecule has 0 bridgehead atoms. The Bertz CT molecular complexity index is 794. The first-order valence-electron chi connectivity index (χ1n) is 8.58. The highest BCUT2D eigenvalue weighted by Crippen LogP contribution is 2.19. The second-order valence-electron chi connectivity index (χ2n) is 6.54. The molecule has 1 aliphatic heterocycles. The molecule has 1 aromatic heterocycles. The Morgan fingerprint density at radius 3 is 2.65 bits per heavy atom. The molecule has 0 radical (unpaired) electrons. The van der Waals surface area contributed by atoms with Crippen LogP contribution in [0.3, 0.4) is 0 Å². The second kappa shape index (κ2) is 7.65. The zero-order valence-corrected chi connectivity index (χ0v) is 14.8. The number of ether oxygens (including phenoxy) is 1. The standard InChI is InChI=1S/C18H22N4O4/c1-11-5-7-14(8-6-11)22-12(2)15(20-21-22)17(23)19-16(18(24)25)13-4-3-9-26-10-13/h5-8,13,16H,3-4,9-10H2,1-2H3,(H,19,23)(H,24,25). The number of hydrogen-bond donors (Lipinski definition) is 2. The Balaban J connectivity index is 1.79. The maximum atomic E-state index is 12.6. The number of hydrogen-bond acceptors (Lipinski definition) is 5. The van der Waals surface area contributed by atoms with Crippen molar-refractivity contribution < 1.29 is 19.4 Å². The molecule has 2 atom stereocenters. The van der Waals surface area contributed by atoms with Gasteiger partial charge in [0.25, 0.3) is 5.91 Å².